The van der Waals surface area contributed by atoms with E-state index in [1.54, 1.807) is 24.3 Å². The van der Waals surface area contributed by atoms with Crippen molar-refractivity contribution in [3.8, 4) is 10.6 Å². The van der Waals surface area contributed by atoms with Crippen molar-refractivity contribution in [3.63, 3.8) is 0 Å². The molecule has 0 amide bonds. The highest BCUT2D eigenvalue weighted by atomic mass is 35.5. The maximum Gasteiger partial charge on any atom is 0.141 e. The minimum atomic E-state index is -1.45. The quantitative estimate of drug-likeness (QED) is 0.462. The Balaban J connectivity index is 1.57. The van der Waals surface area contributed by atoms with E-state index in [9.17, 15) is 24.8 Å². The minimum Gasteiger partial charge on any atom is -0.394 e. The summed E-state index contributed by atoms with van der Waals surface area (Å²) in [5.74, 6) is -0.391. The Morgan fingerprint density at radius 3 is 2.55 bits per heavy atom. The Bertz CT molecular complexity index is 1040. The van der Waals surface area contributed by atoms with Crippen LogP contribution in [0.25, 0.3) is 10.6 Å². The van der Waals surface area contributed by atoms with Crippen molar-refractivity contribution < 1.29 is 29.6 Å². The van der Waals surface area contributed by atoms with Crippen LogP contribution >= 0.6 is 22.9 Å². The molecule has 6 nitrogen and oxygen atoms in total. The number of pyridine rings is 1. The normalized spacial score (nSPS) is 26.2. The predicted octanol–water partition coefficient (Wildman–Crippen LogP) is 2.71. The monoisotopic (exact) mass is 465 g/mol. The van der Waals surface area contributed by atoms with Gasteiger partial charge < -0.3 is 25.2 Å². The SMILES string of the molecule is OCC1OC(c2ccc(Cl)c(Cc3ccc(-c4ccc(F)cn4)s3)c2)[C@H](O)C(O)[C@@H]1O. The van der Waals surface area contributed by atoms with Crippen LogP contribution in [0.2, 0.25) is 5.02 Å². The Kier molecular flexibility index (Phi) is 6.68. The Morgan fingerprint density at radius 2 is 1.84 bits per heavy atom. The lowest BCUT2D eigenvalue weighted by atomic mass is 9.90. The van der Waals surface area contributed by atoms with Crippen LogP contribution in [-0.2, 0) is 11.2 Å². The van der Waals surface area contributed by atoms with Gasteiger partial charge in [-0.2, -0.15) is 0 Å². The van der Waals surface area contributed by atoms with Gasteiger partial charge in [0, 0.05) is 16.3 Å². The molecular weight excluding hydrogens is 445 g/mol. The zero-order valence-corrected chi connectivity index (χ0v) is 17.8. The fourth-order valence-corrected chi connectivity index (χ4v) is 4.80. The Morgan fingerprint density at radius 1 is 1.03 bits per heavy atom. The first-order valence-corrected chi connectivity index (χ1v) is 10.9. The van der Waals surface area contributed by atoms with Crippen LogP contribution in [0.3, 0.4) is 0 Å². The van der Waals surface area contributed by atoms with Crippen LogP contribution in [0.4, 0.5) is 4.39 Å². The van der Waals surface area contributed by atoms with Gasteiger partial charge in [0.25, 0.3) is 0 Å². The Hall–Kier alpha value is -1.91. The molecular formula is C22H21ClFNO5S. The van der Waals surface area contributed by atoms with E-state index in [-0.39, 0.29) is 0 Å². The molecule has 3 aromatic rings. The molecule has 3 heterocycles. The lowest BCUT2D eigenvalue weighted by Gasteiger charge is -2.40. The number of benzene rings is 1. The summed E-state index contributed by atoms with van der Waals surface area (Å²) in [5.41, 5.74) is 2.05. The van der Waals surface area contributed by atoms with E-state index < -0.39 is 42.9 Å². The second-order valence-corrected chi connectivity index (χ2v) is 8.98. The molecule has 4 N–H and O–H groups in total. The van der Waals surface area contributed by atoms with Crippen LogP contribution in [0, 0.1) is 5.82 Å². The molecule has 0 aliphatic carbocycles. The van der Waals surface area contributed by atoms with Crippen LogP contribution < -0.4 is 0 Å². The average Bonchev–Trinajstić information content (AvgIpc) is 3.23. The van der Waals surface area contributed by atoms with Gasteiger partial charge in [0.2, 0.25) is 0 Å². The van der Waals surface area contributed by atoms with E-state index in [1.807, 2.05) is 12.1 Å². The van der Waals surface area contributed by atoms with Crippen LogP contribution in [0.1, 0.15) is 22.1 Å². The molecule has 0 radical (unpaired) electrons. The van der Waals surface area contributed by atoms with E-state index >= 15 is 0 Å². The number of nitrogens with zero attached hydrogens (tertiary/aromatic N) is 1. The first-order chi connectivity index (χ1) is 14.9. The zero-order valence-electron chi connectivity index (χ0n) is 16.2. The van der Waals surface area contributed by atoms with Gasteiger partial charge in [-0.1, -0.05) is 23.7 Å². The zero-order chi connectivity index (χ0) is 22.1. The van der Waals surface area contributed by atoms with Gasteiger partial charge in [-0.15, -0.1) is 11.3 Å². The number of aliphatic hydroxyl groups excluding tert-OH is 4. The second-order valence-electron chi connectivity index (χ2n) is 7.40. The smallest absolute Gasteiger partial charge is 0.141 e. The van der Waals surface area contributed by atoms with Gasteiger partial charge >= 0.3 is 0 Å². The summed E-state index contributed by atoms with van der Waals surface area (Å²) in [7, 11) is 0. The van der Waals surface area contributed by atoms with E-state index in [1.165, 1.54) is 23.6 Å². The topological polar surface area (TPSA) is 103 Å². The molecule has 164 valence electrons. The fraction of sp³-hybridized carbons (Fsp3) is 0.318. The highest BCUT2D eigenvalue weighted by Gasteiger charge is 2.44. The highest BCUT2D eigenvalue weighted by molar-refractivity contribution is 7.15. The Labute approximate surface area is 187 Å². The third-order valence-electron chi connectivity index (χ3n) is 5.30. The molecule has 2 aromatic heterocycles. The van der Waals surface area contributed by atoms with Crippen molar-refractivity contribution in [2.75, 3.05) is 6.61 Å². The summed E-state index contributed by atoms with van der Waals surface area (Å²) in [6.45, 7) is -0.489. The largest absolute Gasteiger partial charge is 0.394 e. The van der Waals surface area contributed by atoms with Gasteiger partial charge in [-0.3, -0.25) is 4.98 Å². The second kappa shape index (κ2) is 9.30. The van der Waals surface area contributed by atoms with E-state index in [0.29, 0.717) is 22.7 Å². The van der Waals surface area contributed by atoms with E-state index in [0.717, 1.165) is 15.3 Å². The summed E-state index contributed by atoms with van der Waals surface area (Å²) in [6.07, 6.45) is -4.43. The third kappa shape index (κ3) is 4.65. The molecule has 1 aliphatic heterocycles. The lowest BCUT2D eigenvalue weighted by Crippen LogP contribution is -2.55. The van der Waals surface area contributed by atoms with Crippen LogP contribution in [0.5, 0.6) is 0 Å². The first kappa shape index (κ1) is 22.3. The molecule has 1 aromatic carbocycles. The van der Waals surface area contributed by atoms with Crippen LogP contribution in [0.15, 0.2) is 48.7 Å². The molecule has 31 heavy (non-hydrogen) atoms. The van der Waals surface area contributed by atoms with Crippen molar-refractivity contribution >= 4 is 22.9 Å². The van der Waals surface area contributed by atoms with Gasteiger partial charge in [0.15, 0.2) is 0 Å². The van der Waals surface area contributed by atoms with Gasteiger partial charge in [-0.25, -0.2) is 4.39 Å². The predicted molar refractivity (Wildman–Crippen MR) is 114 cm³/mol. The summed E-state index contributed by atoms with van der Waals surface area (Å²) in [6, 6.07) is 12.0. The minimum absolute atomic E-state index is 0.391. The highest BCUT2D eigenvalue weighted by Crippen LogP contribution is 2.35. The number of ether oxygens (including phenoxy) is 1. The molecule has 1 saturated heterocycles. The summed E-state index contributed by atoms with van der Waals surface area (Å²) >= 11 is 7.90. The van der Waals surface area contributed by atoms with Crippen LogP contribution in [-0.4, -0.2) is 56.4 Å². The number of aliphatic hydroxyl groups is 4. The van der Waals surface area contributed by atoms with E-state index in [2.05, 4.69) is 4.98 Å². The molecule has 0 saturated carbocycles. The summed E-state index contributed by atoms with van der Waals surface area (Å²) < 4.78 is 18.7. The van der Waals surface area contributed by atoms with Crippen molar-refractivity contribution in [2.24, 2.45) is 0 Å². The fourth-order valence-electron chi connectivity index (χ4n) is 3.60. The van der Waals surface area contributed by atoms with Gasteiger partial charge in [-0.05, 0) is 41.5 Å². The third-order valence-corrected chi connectivity index (χ3v) is 6.77. The number of thiophene rings is 1. The van der Waals surface area contributed by atoms with Crippen molar-refractivity contribution in [1.82, 2.24) is 4.98 Å². The molecule has 0 bridgehead atoms. The average molecular weight is 466 g/mol. The molecule has 1 fully saturated rings. The summed E-state index contributed by atoms with van der Waals surface area (Å²) in [5, 5.41) is 40.4. The maximum atomic E-state index is 13.1. The summed E-state index contributed by atoms with van der Waals surface area (Å²) in [4.78, 5) is 6.01. The number of hydrogen-bond acceptors (Lipinski definition) is 7. The van der Waals surface area contributed by atoms with Gasteiger partial charge in [0.1, 0.15) is 36.3 Å². The molecule has 0 spiro atoms. The maximum absolute atomic E-state index is 13.1. The first-order valence-electron chi connectivity index (χ1n) is 9.67. The molecule has 3 unspecified atom stereocenters. The number of rotatable bonds is 5. The van der Waals surface area contributed by atoms with Crippen molar-refractivity contribution in [1.29, 1.82) is 0 Å². The van der Waals surface area contributed by atoms with Crippen molar-refractivity contribution in [2.45, 2.75) is 36.9 Å². The number of aromatic nitrogens is 1. The van der Waals surface area contributed by atoms with E-state index in [4.69, 9.17) is 16.3 Å². The molecule has 5 atom stereocenters. The lowest BCUT2D eigenvalue weighted by molar-refractivity contribution is -0.231. The standard InChI is InChI=1S/C22H21ClFNO5S/c23-15-4-1-11(22-21(29)20(28)19(27)17(10-26)30-22)7-12(15)8-14-3-6-18(31-14)16-5-2-13(24)9-25-16/h1-7,9,17,19-22,26-29H,8,10H2/t17?,19-,20?,21-,22?/m1/s1. The number of hydrogen-bond donors (Lipinski definition) is 4. The van der Waals surface area contributed by atoms with Crippen molar-refractivity contribution in [3.05, 3.63) is 75.5 Å². The molecule has 1 aliphatic rings. The van der Waals surface area contributed by atoms with Gasteiger partial charge in [0.05, 0.1) is 23.4 Å². The number of halogens is 2. The molecule has 4 rings (SSSR count). The molecule has 9 heteroatoms.